The fourth-order valence-corrected chi connectivity index (χ4v) is 2.09. The molecule has 0 aromatic heterocycles. The van der Waals surface area contributed by atoms with Crippen molar-refractivity contribution in [3.05, 3.63) is 0 Å². The molecule has 0 aliphatic heterocycles. The summed E-state index contributed by atoms with van der Waals surface area (Å²) in [6, 6.07) is 0. The molecule has 0 bridgehead atoms. The Labute approximate surface area is 65.6 Å². The van der Waals surface area contributed by atoms with Crippen molar-refractivity contribution in [2.75, 3.05) is 30.1 Å². The summed E-state index contributed by atoms with van der Waals surface area (Å²) in [7, 11) is 0. The molecule has 0 rings (SSSR count). The number of aliphatic hydroxyl groups excluding tert-OH is 1. The molecule has 56 valence electrons. The van der Waals surface area contributed by atoms with E-state index in [9.17, 15) is 0 Å². The Morgan fingerprint density at radius 1 is 1.22 bits per heavy atom. The van der Waals surface area contributed by atoms with Crippen molar-refractivity contribution in [2.45, 2.75) is 6.42 Å². The first-order chi connectivity index (χ1) is 4.41. The van der Waals surface area contributed by atoms with E-state index in [0.717, 1.165) is 12.2 Å². The van der Waals surface area contributed by atoms with Crippen LogP contribution in [0.5, 0.6) is 0 Å². The molecule has 1 N–H and O–H groups in total. The minimum absolute atomic E-state index is 0.340. The molecule has 0 aromatic rings. The summed E-state index contributed by atoms with van der Waals surface area (Å²) < 4.78 is 0. The first kappa shape index (κ1) is 9.66. The molecule has 0 unspecified atom stereocenters. The third-order valence-corrected chi connectivity index (χ3v) is 2.82. The standard InChI is InChI=1S/C6H14OS2/c1-8-5-6-9-4-2-3-7/h7H,2-6H2,1H3. The topological polar surface area (TPSA) is 20.2 Å². The molecular weight excluding hydrogens is 152 g/mol. The minimum Gasteiger partial charge on any atom is -0.396 e. The summed E-state index contributed by atoms with van der Waals surface area (Å²) in [5.74, 6) is 3.56. The van der Waals surface area contributed by atoms with Crippen molar-refractivity contribution in [1.82, 2.24) is 0 Å². The maximum Gasteiger partial charge on any atom is 0.0438 e. The van der Waals surface area contributed by atoms with E-state index in [2.05, 4.69) is 6.26 Å². The Kier molecular flexibility index (Phi) is 9.30. The highest BCUT2D eigenvalue weighted by molar-refractivity contribution is 8.02. The van der Waals surface area contributed by atoms with Crippen LogP contribution >= 0.6 is 23.5 Å². The average molecular weight is 166 g/mol. The van der Waals surface area contributed by atoms with Gasteiger partial charge in [-0.2, -0.15) is 23.5 Å². The zero-order valence-corrected chi connectivity index (χ0v) is 7.43. The lowest BCUT2D eigenvalue weighted by Gasteiger charge is -1.96. The van der Waals surface area contributed by atoms with E-state index >= 15 is 0 Å². The van der Waals surface area contributed by atoms with Gasteiger partial charge >= 0.3 is 0 Å². The molecule has 3 heteroatoms. The third-order valence-electron chi connectivity index (χ3n) is 0.879. The summed E-state index contributed by atoms with van der Waals surface area (Å²) >= 11 is 3.80. The van der Waals surface area contributed by atoms with Crippen LogP contribution in [-0.2, 0) is 0 Å². The van der Waals surface area contributed by atoms with Crippen LogP contribution in [0.3, 0.4) is 0 Å². The smallest absolute Gasteiger partial charge is 0.0438 e. The van der Waals surface area contributed by atoms with Gasteiger partial charge in [-0.1, -0.05) is 0 Å². The summed E-state index contributed by atoms with van der Waals surface area (Å²) in [5, 5.41) is 8.40. The molecule has 0 aromatic carbocycles. The highest BCUT2D eigenvalue weighted by Gasteiger charge is 1.86. The van der Waals surface area contributed by atoms with Gasteiger partial charge in [0, 0.05) is 18.1 Å². The van der Waals surface area contributed by atoms with Crippen LogP contribution in [0.2, 0.25) is 0 Å². The van der Waals surface area contributed by atoms with E-state index in [1.165, 1.54) is 11.5 Å². The maximum absolute atomic E-state index is 8.40. The van der Waals surface area contributed by atoms with E-state index in [-0.39, 0.29) is 0 Å². The van der Waals surface area contributed by atoms with Gasteiger partial charge in [-0.3, -0.25) is 0 Å². The first-order valence-electron chi connectivity index (χ1n) is 3.09. The zero-order chi connectivity index (χ0) is 6.95. The highest BCUT2D eigenvalue weighted by atomic mass is 32.2. The largest absolute Gasteiger partial charge is 0.396 e. The zero-order valence-electron chi connectivity index (χ0n) is 5.80. The van der Waals surface area contributed by atoms with Gasteiger partial charge < -0.3 is 5.11 Å². The fraction of sp³-hybridized carbons (Fsp3) is 1.00. The number of hydrogen-bond acceptors (Lipinski definition) is 3. The van der Waals surface area contributed by atoms with Gasteiger partial charge in [0.2, 0.25) is 0 Å². The number of thioether (sulfide) groups is 2. The maximum atomic E-state index is 8.40. The first-order valence-corrected chi connectivity index (χ1v) is 5.64. The van der Waals surface area contributed by atoms with Crippen molar-refractivity contribution < 1.29 is 5.11 Å². The van der Waals surface area contributed by atoms with Gasteiger partial charge in [0.25, 0.3) is 0 Å². The second-order valence-electron chi connectivity index (χ2n) is 1.68. The van der Waals surface area contributed by atoms with Crippen LogP contribution in [0.1, 0.15) is 6.42 Å². The molecule has 0 atom stereocenters. The predicted octanol–water partition coefficient (Wildman–Crippen LogP) is 1.46. The van der Waals surface area contributed by atoms with E-state index in [4.69, 9.17) is 5.11 Å². The monoisotopic (exact) mass is 166 g/mol. The molecule has 9 heavy (non-hydrogen) atoms. The van der Waals surface area contributed by atoms with Crippen molar-refractivity contribution in [2.24, 2.45) is 0 Å². The quantitative estimate of drug-likeness (QED) is 0.603. The van der Waals surface area contributed by atoms with Crippen LogP contribution in [0.15, 0.2) is 0 Å². The van der Waals surface area contributed by atoms with Gasteiger partial charge in [-0.25, -0.2) is 0 Å². The number of aliphatic hydroxyl groups is 1. The highest BCUT2D eigenvalue weighted by Crippen LogP contribution is 2.04. The lowest BCUT2D eigenvalue weighted by atomic mass is 10.5. The second-order valence-corrected chi connectivity index (χ2v) is 3.89. The van der Waals surface area contributed by atoms with Crippen molar-refractivity contribution in [1.29, 1.82) is 0 Å². The Balaban J connectivity index is 2.60. The molecule has 0 amide bonds. The Hall–Kier alpha value is 0.660. The number of rotatable bonds is 6. The van der Waals surface area contributed by atoms with Crippen molar-refractivity contribution in [3.8, 4) is 0 Å². The molecule has 0 fully saturated rings. The Morgan fingerprint density at radius 3 is 2.56 bits per heavy atom. The van der Waals surface area contributed by atoms with E-state index in [1.54, 1.807) is 0 Å². The predicted molar refractivity (Wildman–Crippen MR) is 47.4 cm³/mol. The fourth-order valence-electron chi connectivity index (χ4n) is 0.411. The van der Waals surface area contributed by atoms with Crippen LogP contribution in [0.4, 0.5) is 0 Å². The average Bonchev–Trinajstić information content (AvgIpc) is 1.89. The van der Waals surface area contributed by atoms with E-state index in [0.29, 0.717) is 6.61 Å². The van der Waals surface area contributed by atoms with Gasteiger partial charge in [-0.05, 0) is 18.4 Å². The molecule has 0 aliphatic rings. The second kappa shape index (κ2) is 8.66. The molecule has 0 radical (unpaired) electrons. The molecule has 0 spiro atoms. The molecule has 0 saturated carbocycles. The SMILES string of the molecule is CSCCSCCCO. The normalized spacial score (nSPS) is 10.0. The van der Waals surface area contributed by atoms with Gasteiger partial charge in [0.05, 0.1) is 0 Å². The Morgan fingerprint density at radius 2 is 2.00 bits per heavy atom. The van der Waals surface area contributed by atoms with Crippen LogP contribution in [0.25, 0.3) is 0 Å². The van der Waals surface area contributed by atoms with Crippen LogP contribution in [0, 0.1) is 0 Å². The lowest BCUT2D eigenvalue weighted by Crippen LogP contribution is -1.88. The summed E-state index contributed by atoms with van der Waals surface area (Å²) in [4.78, 5) is 0. The van der Waals surface area contributed by atoms with Crippen molar-refractivity contribution in [3.63, 3.8) is 0 Å². The van der Waals surface area contributed by atoms with Crippen LogP contribution in [-0.4, -0.2) is 35.2 Å². The number of hydrogen-bond donors (Lipinski definition) is 1. The van der Waals surface area contributed by atoms with Gasteiger partial charge in [-0.15, -0.1) is 0 Å². The molecule has 0 heterocycles. The lowest BCUT2D eigenvalue weighted by molar-refractivity contribution is 0.296. The van der Waals surface area contributed by atoms with E-state index < -0.39 is 0 Å². The van der Waals surface area contributed by atoms with Crippen LogP contribution < -0.4 is 0 Å². The van der Waals surface area contributed by atoms with Gasteiger partial charge in [0.15, 0.2) is 0 Å². The molecule has 0 aliphatic carbocycles. The third kappa shape index (κ3) is 8.66. The van der Waals surface area contributed by atoms with E-state index in [1.807, 2.05) is 23.5 Å². The van der Waals surface area contributed by atoms with Crippen molar-refractivity contribution >= 4 is 23.5 Å². The minimum atomic E-state index is 0.340. The van der Waals surface area contributed by atoms with Gasteiger partial charge in [0.1, 0.15) is 0 Å². The summed E-state index contributed by atoms with van der Waals surface area (Å²) in [6.45, 7) is 0.340. The molecular formula is C6H14OS2. The summed E-state index contributed by atoms with van der Waals surface area (Å²) in [6.07, 6.45) is 3.06. The summed E-state index contributed by atoms with van der Waals surface area (Å²) in [5.41, 5.74) is 0. The molecule has 0 saturated heterocycles. The molecule has 1 nitrogen and oxygen atoms in total. The Bertz CT molecular complexity index is 44.3.